The van der Waals surface area contributed by atoms with Gasteiger partial charge in [0, 0.05) is 0 Å². The Morgan fingerprint density at radius 3 is 2.56 bits per heavy atom. The average molecular weight is 124 g/mol. The van der Waals surface area contributed by atoms with Gasteiger partial charge in [-0.25, -0.2) is 0 Å². The molecule has 9 heavy (non-hydrogen) atoms. The summed E-state index contributed by atoms with van der Waals surface area (Å²) >= 11 is 0. The summed E-state index contributed by atoms with van der Waals surface area (Å²) in [5, 5.41) is 0. The predicted molar refractivity (Wildman–Crippen MR) is 34.1 cm³/mol. The van der Waals surface area contributed by atoms with Gasteiger partial charge in [-0.1, -0.05) is 0 Å². The van der Waals surface area contributed by atoms with Crippen LogP contribution in [0.2, 0.25) is 0 Å². The highest BCUT2D eigenvalue weighted by molar-refractivity contribution is 5.08. The summed E-state index contributed by atoms with van der Waals surface area (Å²) in [6.45, 7) is 1.09. The SMILES string of the molecule is C1C[C@H]2C[C@H]1C[C@]21CO1. The molecule has 3 atom stereocenters. The van der Waals surface area contributed by atoms with Crippen molar-refractivity contribution < 1.29 is 4.74 Å². The van der Waals surface area contributed by atoms with Gasteiger partial charge < -0.3 is 4.74 Å². The van der Waals surface area contributed by atoms with Crippen LogP contribution in [0.1, 0.15) is 25.7 Å². The second kappa shape index (κ2) is 1.20. The molecule has 2 bridgehead atoms. The van der Waals surface area contributed by atoms with E-state index in [4.69, 9.17) is 4.74 Å². The van der Waals surface area contributed by atoms with Gasteiger partial charge in [0.05, 0.1) is 12.2 Å². The second-order valence-corrected chi connectivity index (χ2v) is 3.93. The fourth-order valence-electron chi connectivity index (χ4n) is 2.84. The molecule has 1 heterocycles. The Bertz CT molecular complexity index is 149. The van der Waals surface area contributed by atoms with E-state index in [1.54, 1.807) is 0 Å². The number of epoxide rings is 1. The fraction of sp³-hybridized carbons (Fsp3) is 1.00. The number of hydrogen-bond donors (Lipinski definition) is 0. The fourth-order valence-corrected chi connectivity index (χ4v) is 2.84. The minimum atomic E-state index is 0.461. The lowest BCUT2D eigenvalue weighted by Crippen LogP contribution is -2.19. The number of rotatable bonds is 0. The van der Waals surface area contributed by atoms with E-state index in [1.807, 2.05) is 0 Å². The first-order chi connectivity index (χ1) is 4.39. The van der Waals surface area contributed by atoms with Gasteiger partial charge in [-0.15, -0.1) is 0 Å². The summed E-state index contributed by atoms with van der Waals surface area (Å²) < 4.78 is 5.49. The third-order valence-corrected chi connectivity index (χ3v) is 3.43. The lowest BCUT2D eigenvalue weighted by Gasteiger charge is -2.15. The first kappa shape index (κ1) is 4.73. The first-order valence-electron chi connectivity index (χ1n) is 4.03. The molecule has 0 aromatic rings. The lowest BCUT2D eigenvalue weighted by molar-refractivity contribution is 0.218. The maximum atomic E-state index is 5.49. The van der Waals surface area contributed by atoms with Gasteiger partial charge >= 0.3 is 0 Å². The molecule has 2 aliphatic carbocycles. The Morgan fingerprint density at radius 1 is 1.33 bits per heavy atom. The van der Waals surface area contributed by atoms with E-state index in [-0.39, 0.29) is 0 Å². The van der Waals surface area contributed by atoms with Gasteiger partial charge in [-0.05, 0) is 37.5 Å². The predicted octanol–water partition coefficient (Wildman–Crippen LogP) is 1.58. The summed E-state index contributed by atoms with van der Waals surface area (Å²) in [6.07, 6.45) is 5.85. The van der Waals surface area contributed by atoms with Crippen LogP contribution in [0.4, 0.5) is 0 Å². The molecule has 0 radical (unpaired) electrons. The molecule has 0 N–H and O–H groups in total. The standard InChI is InChI=1S/C8H12O/c1-2-7-3-6(1)4-8(7)5-9-8/h6-7H,1-5H2/t6-,7-,8-/m0/s1. The minimum absolute atomic E-state index is 0.461. The smallest absolute Gasteiger partial charge is 0.0947 e. The Balaban J connectivity index is 1.96. The normalized spacial score (nSPS) is 61.3. The molecule has 3 fully saturated rings. The minimum Gasteiger partial charge on any atom is -0.369 e. The quantitative estimate of drug-likeness (QED) is 0.446. The molecule has 1 saturated heterocycles. The number of ether oxygens (including phenoxy) is 1. The Kier molecular flexibility index (Phi) is 0.628. The van der Waals surface area contributed by atoms with Gasteiger partial charge in [0.25, 0.3) is 0 Å². The highest BCUT2D eigenvalue weighted by Gasteiger charge is 2.59. The van der Waals surface area contributed by atoms with Crippen molar-refractivity contribution in [3.05, 3.63) is 0 Å². The van der Waals surface area contributed by atoms with Crippen LogP contribution >= 0.6 is 0 Å². The first-order valence-corrected chi connectivity index (χ1v) is 4.03. The van der Waals surface area contributed by atoms with Crippen LogP contribution in [-0.2, 0) is 4.74 Å². The third kappa shape index (κ3) is 0.454. The van der Waals surface area contributed by atoms with Crippen LogP contribution in [0.3, 0.4) is 0 Å². The van der Waals surface area contributed by atoms with Gasteiger partial charge in [0.2, 0.25) is 0 Å². The summed E-state index contributed by atoms with van der Waals surface area (Å²) in [5.74, 6) is 2.03. The van der Waals surface area contributed by atoms with Crippen molar-refractivity contribution in [1.82, 2.24) is 0 Å². The van der Waals surface area contributed by atoms with Crippen molar-refractivity contribution >= 4 is 0 Å². The topological polar surface area (TPSA) is 12.5 Å². The monoisotopic (exact) mass is 124 g/mol. The van der Waals surface area contributed by atoms with Crippen LogP contribution in [0, 0.1) is 11.8 Å². The zero-order valence-corrected chi connectivity index (χ0v) is 5.60. The molecule has 3 aliphatic rings. The number of hydrogen-bond acceptors (Lipinski definition) is 1. The van der Waals surface area contributed by atoms with Crippen molar-refractivity contribution in [3.63, 3.8) is 0 Å². The van der Waals surface area contributed by atoms with E-state index in [0.717, 1.165) is 18.4 Å². The van der Waals surface area contributed by atoms with Crippen molar-refractivity contribution in [2.45, 2.75) is 31.3 Å². The van der Waals surface area contributed by atoms with Gasteiger partial charge in [0.1, 0.15) is 0 Å². The molecule has 1 nitrogen and oxygen atoms in total. The molecular formula is C8H12O. The molecular weight excluding hydrogens is 112 g/mol. The Labute approximate surface area is 55.4 Å². The summed E-state index contributed by atoms with van der Waals surface area (Å²) in [6, 6.07) is 0. The van der Waals surface area contributed by atoms with Crippen molar-refractivity contribution in [1.29, 1.82) is 0 Å². The van der Waals surface area contributed by atoms with E-state index in [0.29, 0.717) is 5.60 Å². The summed E-state index contributed by atoms with van der Waals surface area (Å²) in [5.41, 5.74) is 0.461. The van der Waals surface area contributed by atoms with Gasteiger partial charge in [-0.3, -0.25) is 0 Å². The molecule has 50 valence electrons. The van der Waals surface area contributed by atoms with E-state index in [1.165, 1.54) is 25.7 Å². The molecule has 1 spiro atoms. The van der Waals surface area contributed by atoms with E-state index in [9.17, 15) is 0 Å². The molecule has 0 amide bonds. The van der Waals surface area contributed by atoms with Crippen molar-refractivity contribution in [3.8, 4) is 0 Å². The average Bonchev–Trinajstić information content (AvgIpc) is 2.40. The maximum Gasteiger partial charge on any atom is 0.0947 e. The molecule has 2 saturated carbocycles. The largest absolute Gasteiger partial charge is 0.369 e. The van der Waals surface area contributed by atoms with Crippen LogP contribution in [-0.4, -0.2) is 12.2 Å². The van der Waals surface area contributed by atoms with Gasteiger partial charge in [-0.2, -0.15) is 0 Å². The molecule has 0 aromatic carbocycles. The second-order valence-electron chi connectivity index (χ2n) is 3.93. The van der Waals surface area contributed by atoms with Crippen LogP contribution in [0.25, 0.3) is 0 Å². The van der Waals surface area contributed by atoms with E-state index >= 15 is 0 Å². The zero-order chi connectivity index (χ0) is 5.90. The Morgan fingerprint density at radius 2 is 2.22 bits per heavy atom. The third-order valence-electron chi connectivity index (χ3n) is 3.43. The maximum absolute atomic E-state index is 5.49. The van der Waals surface area contributed by atoms with Crippen LogP contribution in [0.15, 0.2) is 0 Å². The van der Waals surface area contributed by atoms with Crippen LogP contribution < -0.4 is 0 Å². The Hall–Kier alpha value is -0.0400. The highest BCUT2D eigenvalue weighted by atomic mass is 16.6. The highest BCUT2D eigenvalue weighted by Crippen LogP contribution is 2.58. The van der Waals surface area contributed by atoms with Crippen molar-refractivity contribution in [2.24, 2.45) is 11.8 Å². The number of fused-ring (bicyclic) bond motifs is 3. The molecule has 0 unspecified atom stereocenters. The molecule has 1 heteroatoms. The van der Waals surface area contributed by atoms with E-state index in [2.05, 4.69) is 0 Å². The molecule has 3 rings (SSSR count). The summed E-state index contributed by atoms with van der Waals surface area (Å²) in [7, 11) is 0. The lowest BCUT2D eigenvalue weighted by atomic mass is 9.89. The molecule has 1 aliphatic heterocycles. The van der Waals surface area contributed by atoms with Crippen molar-refractivity contribution in [2.75, 3.05) is 6.61 Å². The van der Waals surface area contributed by atoms with Gasteiger partial charge in [0.15, 0.2) is 0 Å². The molecule has 0 aromatic heterocycles. The van der Waals surface area contributed by atoms with Crippen LogP contribution in [0.5, 0.6) is 0 Å². The van der Waals surface area contributed by atoms with E-state index < -0.39 is 0 Å². The summed E-state index contributed by atoms with van der Waals surface area (Å²) in [4.78, 5) is 0. The zero-order valence-electron chi connectivity index (χ0n) is 5.60.